The van der Waals surface area contributed by atoms with E-state index in [2.05, 4.69) is 15.4 Å². The van der Waals surface area contributed by atoms with Gasteiger partial charge in [-0.15, -0.1) is 0 Å². The predicted octanol–water partition coefficient (Wildman–Crippen LogP) is 0.745. The van der Waals surface area contributed by atoms with Gasteiger partial charge in [0.2, 0.25) is 5.91 Å². The Labute approximate surface area is 159 Å². The molecule has 0 unspecified atom stereocenters. The van der Waals surface area contributed by atoms with Crippen molar-refractivity contribution in [1.82, 2.24) is 19.9 Å². The van der Waals surface area contributed by atoms with Crippen LogP contribution in [0.5, 0.6) is 5.75 Å². The number of sulfonamides is 1. The van der Waals surface area contributed by atoms with Gasteiger partial charge in [-0.2, -0.15) is 5.10 Å². The Morgan fingerprint density at radius 1 is 1.29 bits per heavy atom. The van der Waals surface area contributed by atoms with Gasteiger partial charge in [0.25, 0.3) is 10.0 Å². The lowest BCUT2D eigenvalue weighted by atomic mass is 10.2. The molecule has 0 spiro atoms. The van der Waals surface area contributed by atoms with Crippen LogP contribution in [0.3, 0.4) is 0 Å². The monoisotopic (exact) mass is 405 g/mol. The topological polar surface area (TPSA) is 106 Å². The molecule has 0 atom stereocenters. The number of carbonyl (C=O) groups is 1. The third kappa shape index (κ3) is 3.13. The summed E-state index contributed by atoms with van der Waals surface area (Å²) in [5.74, 6) is -0.870. The summed E-state index contributed by atoms with van der Waals surface area (Å²) >= 11 is 0. The average Bonchev–Trinajstić information content (AvgIpc) is 3.06. The quantitative estimate of drug-likeness (QED) is 0.592. The lowest BCUT2D eigenvalue weighted by Gasteiger charge is -2.21. The van der Waals surface area contributed by atoms with Crippen LogP contribution in [-0.4, -0.2) is 49.1 Å². The number of benzene rings is 1. The third-order valence-electron chi connectivity index (χ3n) is 4.33. The summed E-state index contributed by atoms with van der Waals surface area (Å²) in [7, 11) is -2.83. The van der Waals surface area contributed by atoms with Crippen molar-refractivity contribution in [1.29, 1.82) is 0 Å². The summed E-state index contributed by atoms with van der Waals surface area (Å²) in [6.45, 7) is 0.181. The van der Waals surface area contributed by atoms with Crippen molar-refractivity contribution in [2.24, 2.45) is 0 Å². The third-order valence-corrected chi connectivity index (χ3v) is 6.11. The molecular formula is C17H16FN5O4S. The number of anilines is 1. The fraction of sp³-hybridized carbons (Fsp3) is 0.235. The maximum atomic E-state index is 13.8. The highest BCUT2D eigenvalue weighted by atomic mass is 32.2. The molecule has 2 bridgehead atoms. The Hall–Kier alpha value is -3.21. The summed E-state index contributed by atoms with van der Waals surface area (Å²) in [6, 6.07) is 4.72. The minimum absolute atomic E-state index is 0.00863. The van der Waals surface area contributed by atoms with Crippen LogP contribution < -0.4 is 14.4 Å². The number of amides is 1. The van der Waals surface area contributed by atoms with Crippen LogP contribution in [0.4, 0.5) is 10.2 Å². The molecule has 0 aliphatic carbocycles. The van der Waals surface area contributed by atoms with Gasteiger partial charge < -0.3 is 10.1 Å². The van der Waals surface area contributed by atoms with Gasteiger partial charge in [-0.3, -0.25) is 9.10 Å². The summed E-state index contributed by atoms with van der Waals surface area (Å²) in [6.07, 6.45) is 3.09. The van der Waals surface area contributed by atoms with E-state index in [1.54, 1.807) is 6.20 Å². The molecule has 0 saturated heterocycles. The van der Waals surface area contributed by atoms with Crippen molar-refractivity contribution in [3.8, 4) is 5.75 Å². The minimum Gasteiger partial charge on any atom is -0.490 e. The summed E-state index contributed by atoms with van der Waals surface area (Å²) in [4.78, 5) is 16.2. The van der Waals surface area contributed by atoms with Gasteiger partial charge in [-0.05, 0) is 18.2 Å². The molecular weight excluding hydrogens is 389 g/mol. The molecule has 4 rings (SSSR count). The van der Waals surface area contributed by atoms with E-state index >= 15 is 0 Å². The summed E-state index contributed by atoms with van der Waals surface area (Å²) in [5.41, 5.74) is 0.914. The molecule has 2 aromatic heterocycles. The number of carbonyl (C=O) groups excluding carboxylic acids is 1. The molecule has 0 radical (unpaired) electrons. The fourth-order valence-corrected chi connectivity index (χ4v) is 4.15. The largest absolute Gasteiger partial charge is 0.490 e. The second kappa shape index (κ2) is 6.75. The Bertz CT molecular complexity index is 1180. The lowest BCUT2D eigenvalue weighted by molar-refractivity contribution is -0.120. The minimum atomic E-state index is -4.15. The van der Waals surface area contributed by atoms with E-state index in [9.17, 15) is 17.6 Å². The van der Waals surface area contributed by atoms with Gasteiger partial charge in [0.1, 0.15) is 28.9 Å². The Morgan fingerprint density at radius 3 is 2.93 bits per heavy atom. The molecule has 146 valence electrons. The molecule has 3 heterocycles. The molecule has 0 saturated carbocycles. The first-order valence-electron chi connectivity index (χ1n) is 8.37. The molecule has 1 aliphatic heterocycles. The molecule has 0 fully saturated rings. The number of aromatic nitrogens is 3. The van der Waals surface area contributed by atoms with Gasteiger partial charge in [0.15, 0.2) is 5.65 Å². The van der Waals surface area contributed by atoms with Crippen LogP contribution in [-0.2, 0) is 21.2 Å². The highest BCUT2D eigenvalue weighted by molar-refractivity contribution is 7.92. The van der Waals surface area contributed by atoms with Crippen LogP contribution >= 0.6 is 0 Å². The molecule has 3 aromatic rings. The van der Waals surface area contributed by atoms with Crippen molar-refractivity contribution in [2.75, 3.05) is 24.5 Å². The number of rotatable bonds is 0. The first kappa shape index (κ1) is 18.2. The second-order valence-electron chi connectivity index (χ2n) is 6.16. The standard InChI is InChI=1S/C17H16FN5O4S/c1-22-15-4-6-23-17(21-15)11(10-20-23)8-16(24)19-5-7-27-13-3-2-12(18)9-14(13)28(22,25)26/h2-4,6,9-10H,5,7-8H2,1H3,(H,19,24). The van der Waals surface area contributed by atoms with E-state index in [1.807, 2.05) is 0 Å². The first-order valence-corrected chi connectivity index (χ1v) is 9.81. The molecule has 1 aromatic carbocycles. The van der Waals surface area contributed by atoms with Crippen LogP contribution in [0.2, 0.25) is 0 Å². The number of fused-ring (bicyclic) bond motifs is 2. The maximum absolute atomic E-state index is 13.8. The van der Waals surface area contributed by atoms with Crippen LogP contribution in [0.15, 0.2) is 41.6 Å². The average molecular weight is 405 g/mol. The van der Waals surface area contributed by atoms with Crippen LogP contribution in [0.1, 0.15) is 5.56 Å². The number of halogens is 1. The highest BCUT2D eigenvalue weighted by Gasteiger charge is 2.28. The zero-order chi connectivity index (χ0) is 19.9. The predicted molar refractivity (Wildman–Crippen MR) is 97.2 cm³/mol. The number of hydrogen-bond acceptors (Lipinski definition) is 6. The zero-order valence-corrected chi connectivity index (χ0v) is 15.6. The van der Waals surface area contributed by atoms with Crippen LogP contribution in [0, 0.1) is 5.82 Å². The maximum Gasteiger partial charge on any atom is 0.269 e. The van der Waals surface area contributed by atoms with Crippen molar-refractivity contribution in [3.63, 3.8) is 0 Å². The van der Waals surface area contributed by atoms with E-state index < -0.39 is 15.8 Å². The van der Waals surface area contributed by atoms with E-state index in [4.69, 9.17) is 4.74 Å². The van der Waals surface area contributed by atoms with E-state index in [1.165, 1.54) is 29.9 Å². The Morgan fingerprint density at radius 2 is 2.11 bits per heavy atom. The molecule has 1 amide bonds. The fourth-order valence-electron chi connectivity index (χ4n) is 2.87. The van der Waals surface area contributed by atoms with Crippen LogP contribution in [0.25, 0.3) is 5.65 Å². The number of nitrogens with one attached hydrogen (secondary N) is 1. The van der Waals surface area contributed by atoms with E-state index in [-0.39, 0.29) is 41.9 Å². The molecule has 1 N–H and O–H groups in total. The molecule has 11 heteroatoms. The van der Waals surface area contributed by atoms with Gasteiger partial charge in [0.05, 0.1) is 19.2 Å². The van der Waals surface area contributed by atoms with E-state index in [0.29, 0.717) is 11.2 Å². The second-order valence-corrected chi connectivity index (χ2v) is 8.10. The number of hydrogen-bond donors (Lipinski definition) is 1. The number of ether oxygens (including phenoxy) is 1. The van der Waals surface area contributed by atoms with Gasteiger partial charge >= 0.3 is 0 Å². The first-order chi connectivity index (χ1) is 13.4. The zero-order valence-electron chi connectivity index (χ0n) is 14.8. The van der Waals surface area contributed by atoms with Crippen molar-refractivity contribution >= 4 is 27.4 Å². The van der Waals surface area contributed by atoms with Gasteiger partial charge in [-0.25, -0.2) is 22.3 Å². The number of nitrogens with zero attached hydrogens (tertiary/aromatic N) is 4. The smallest absolute Gasteiger partial charge is 0.269 e. The van der Waals surface area contributed by atoms with E-state index in [0.717, 1.165) is 16.4 Å². The Balaban J connectivity index is 1.90. The molecule has 9 nitrogen and oxygen atoms in total. The lowest BCUT2D eigenvalue weighted by Crippen LogP contribution is -2.31. The summed E-state index contributed by atoms with van der Waals surface area (Å²) < 4.78 is 47.9. The highest BCUT2D eigenvalue weighted by Crippen LogP contribution is 2.29. The van der Waals surface area contributed by atoms with Crippen molar-refractivity contribution in [3.05, 3.63) is 48.0 Å². The normalized spacial score (nSPS) is 16.9. The van der Waals surface area contributed by atoms with Gasteiger partial charge in [-0.1, -0.05) is 0 Å². The summed E-state index contributed by atoms with van der Waals surface area (Å²) in [5, 5.41) is 6.81. The van der Waals surface area contributed by atoms with Gasteiger partial charge in [0, 0.05) is 24.9 Å². The Kier molecular flexibility index (Phi) is 4.38. The SMILES string of the molecule is CN1c2ccn3ncc(c3n2)CC(=O)NCCOc2ccc(F)cc2S1(=O)=O. The molecule has 28 heavy (non-hydrogen) atoms. The molecule has 1 aliphatic rings. The van der Waals surface area contributed by atoms with Crippen molar-refractivity contribution < 1.29 is 22.3 Å². The van der Waals surface area contributed by atoms with Crippen molar-refractivity contribution in [2.45, 2.75) is 11.3 Å².